The minimum Gasteiger partial charge on any atom is -0.465 e. The van der Waals surface area contributed by atoms with Gasteiger partial charge in [-0.25, -0.2) is 4.79 Å². The molecule has 0 spiro atoms. The summed E-state index contributed by atoms with van der Waals surface area (Å²) in [6, 6.07) is 7.06. The number of nitrogens with zero attached hydrogens (tertiary/aromatic N) is 3. The molecule has 0 unspecified atom stereocenters. The Hall–Kier alpha value is -2.28. The SMILES string of the molecule is CC(C)C(=O)N1CCC(C(=O)N2C[C@@H](N(C)C(=O)O)[C@](C)(c3ccc(Cl)cc3)C2)CC1. The zero-order valence-electron chi connectivity index (χ0n) is 18.7. The first-order valence-electron chi connectivity index (χ1n) is 10.8. The van der Waals surface area contributed by atoms with Gasteiger partial charge in [-0.1, -0.05) is 44.5 Å². The molecule has 170 valence electrons. The Balaban J connectivity index is 1.77. The van der Waals surface area contributed by atoms with E-state index in [-0.39, 0.29) is 29.7 Å². The van der Waals surface area contributed by atoms with Gasteiger partial charge in [-0.2, -0.15) is 0 Å². The van der Waals surface area contributed by atoms with E-state index in [0.717, 1.165) is 5.56 Å². The lowest BCUT2D eigenvalue weighted by Crippen LogP contribution is -2.48. The van der Waals surface area contributed by atoms with Gasteiger partial charge in [0.1, 0.15) is 0 Å². The molecule has 3 amide bonds. The van der Waals surface area contributed by atoms with Gasteiger partial charge >= 0.3 is 6.09 Å². The second-order valence-electron chi connectivity index (χ2n) is 9.31. The Bertz CT molecular complexity index is 836. The number of carbonyl (C=O) groups excluding carboxylic acids is 2. The van der Waals surface area contributed by atoms with E-state index in [4.69, 9.17) is 11.6 Å². The maximum Gasteiger partial charge on any atom is 0.407 e. The Morgan fingerprint density at radius 1 is 1.13 bits per heavy atom. The first kappa shape index (κ1) is 23.4. The highest BCUT2D eigenvalue weighted by Gasteiger charge is 2.49. The molecule has 2 aliphatic heterocycles. The highest BCUT2D eigenvalue weighted by molar-refractivity contribution is 6.30. The van der Waals surface area contributed by atoms with Crippen LogP contribution in [-0.4, -0.2) is 77.0 Å². The third kappa shape index (κ3) is 4.66. The van der Waals surface area contributed by atoms with Crippen LogP contribution in [-0.2, 0) is 15.0 Å². The minimum absolute atomic E-state index is 0.0433. The smallest absolute Gasteiger partial charge is 0.407 e. The van der Waals surface area contributed by atoms with Crippen LogP contribution in [0.3, 0.4) is 0 Å². The third-order valence-corrected chi connectivity index (χ3v) is 7.13. The van der Waals surface area contributed by atoms with Crippen molar-refractivity contribution >= 4 is 29.5 Å². The molecule has 1 N–H and O–H groups in total. The highest BCUT2D eigenvalue weighted by atomic mass is 35.5. The summed E-state index contributed by atoms with van der Waals surface area (Å²) < 4.78 is 0. The molecule has 0 aromatic heterocycles. The van der Waals surface area contributed by atoms with Crippen molar-refractivity contribution < 1.29 is 19.5 Å². The van der Waals surface area contributed by atoms with Crippen molar-refractivity contribution in [1.29, 1.82) is 0 Å². The molecular formula is C23H32ClN3O4. The Labute approximate surface area is 188 Å². The fourth-order valence-electron chi connectivity index (χ4n) is 4.91. The van der Waals surface area contributed by atoms with Gasteiger partial charge in [-0.05, 0) is 30.5 Å². The van der Waals surface area contributed by atoms with Gasteiger partial charge in [0.05, 0.1) is 6.04 Å². The van der Waals surface area contributed by atoms with Crippen molar-refractivity contribution in [1.82, 2.24) is 14.7 Å². The number of likely N-dealkylation sites (tertiary alicyclic amines) is 2. The number of carbonyl (C=O) groups is 3. The van der Waals surface area contributed by atoms with E-state index in [0.29, 0.717) is 44.0 Å². The van der Waals surface area contributed by atoms with E-state index in [2.05, 4.69) is 0 Å². The van der Waals surface area contributed by atoms with E-state index in [1.54, 1.807) is 19.2 Å². The van der Waals surface area contributed by atoms with Crippen LogP contribution in [0.15, 0.2) is 24.3 Å². The monoisotopic (exact) mass is 449 g/mol. The molecule has 2 fully saturated rings. The first-order valence-corrected chi connectivity index (χ1v) is 11.2. The van der Waals surface area contributed by atoms with Gasteiger partial charge in [0, 0.05) is 55.5 Å². The summed E-state index contributed by atoms with van der Waals surface area (Å²) in [4.78, 5) is 42.3. The number of likely N-dealkylation sites (N-methyl/N-ethyl adjacent to an activating group) is 1. The molecule has 8 heteroatoms. The lowest BCUT2D eigenvalue weighted by molar-refractivity contribution is -0.141. The van der Waals surface area contributed by atoms with E-state index >= 15 is 0 Å². The molecule has 0 bridgehead atoms. The Morgan fingerprint density at radius 2 is 1.71 bits per heavy atom. The maximum absolute atomic E-state index is 13.4. The van der Waals surface area contributed by atoms with Crippen LogP contribution in [0.2, 0.25) is 5.02 Å². The summed E-state index contributed by atoms with van der Waals surface area (Å²) in [5.74, 6) is 0.00134. The van der Waals surface area contributed by atoms with Gasteiger partial charge in [-0.3, -0.25) is 9.59 Å². The van der Waals surface area contributed by atoms with Crippen LogP contribution in [0.4, 0.5) is 4.79 Å². The first-order chi connectivity index (χ1) is 14.5. The van der Waals surface area contributed by atoms with E-state index in [1.807, 2.05) is 42.7 Å². The number of carboxylic acid groups (broad SMARTS) is 1. The fraction of sp³-hybridized carbons (Fsp3) is 0.609. The van der Waals surface area contributed by atoms with Crippen LogP contribution < -0.4 is 0 Å². The number of piperidine rings is 1. The molecule has 2 aliphatic rings. The standard InChI is InChI=1S/C23H32ClN3O4/c1-15(2)20(28)26-11-9-16(10-12-26)21(29)27-13-19(25(4)22(30)31)23(3,14-27)17-5-7-18(24)8-6-17/h5-8,15-16,19H,9-14H2,1-4H3,(H,30,31)/t19-,23+/m1/s1. The van der Waals surface area contributed by atoms with Crippen molar-refractivity contribution in [2.45, 2.75) is 45.1 Å². The number of rotatable bonds is 4. The molecule has 0 radical (unpaired) electrons. The lowest BCUT2D eigenvalue weighted by atomic mass is 9.77. The fourth-order valence-corrected chi connectivity index (χ4v) is 5.04. The third-order valence-electron chi connectivity index (χ3n) is 6.88. The largest absolute Gasteiger partial charge is 0.465 e. The molecule has 3 rings (SSSR count). The molecule has 2 heterocycles. The predicted octanol–water partition coefficient (Wildman–Crippen LogP) is 3.31. The van der Waals surface area contributed by atoms with Crippen LogP contribution in [0.25, 0.3) is 0 Å². The number of hydrogen-bond donors (Lipinski definition) is 1. The van der Waals surface area contributed by atoms with Gasteiger partial charge < -0.3 is 19.8 Å². The summed E-state index contributed by atoms with van der Waals surface area (Å²) >= 11 is 6.05. The number of hydrogen-bond acceptors (Lipinski definition) is 3. The highest BCUT2D eigenvalue weighted by Crippen LogP contribution is 2.39. The average molecular weight is 450 g/mol. The van der Waals surface area contributed by atoms with Gasteiger partial charge in [0.25, 0.3) is 0 Å². The molecule has 2 saturated heterocycles. The molecule has 0 aliphatic carbocycles. The minimum atomic E-state index is -1.01. The molecule has 1 aromatic carbocycles. The zero-order valence-corrected chi connectivity index (χ0v) is 19.4. The number of halogens is 1. The topological polar surface area (TPSA) is 81.2 Å². The van der Waals surface area contributed by atoms with Crippen molar-refractivity contribution in [3.05, 3.63) is 34.9 Å². The Kier molecular flexibility index (Phi) is 6.84. The predicted molar refractivity (Wildman–Crippen MR) is 119 cm³/mol. The molecule has 1 aromatic rings. The van der Waals surface area contributed by atoms with Crippen LogP contribution in [0.1, 0.15) is 39.2 Å². The molecular weight excluding hydrogens is 418 g/mol. The van der Waals surface area contributed by atoms with Crippen molar-refractivity contribution in [3.63, 3.8) is 0 Å². The lowest BCUT2D eigenvalue weighted by Gasteiger charge is -2.35. The summed E-state index contributed by atoms with van der Waals surface area (Å²) in [5, 5.41) is 10.2. The Morgan fingerprint density at radius 3 is 2.23 bits per heavy atom. The summed E-state index contributed by atoms with van der Waals surface area (Å²) in [6.45, 7) is 7.77. The van der Waals surface area contributed by atoms with Crippen LogP contribution in [0.5, 0.6) is 0 Å². The zero-order chi connectivity index (χ0) is 22.9. The van der Waals surface area contributed by atoms with Crippen LogP contribution >= 0.6 is 11.6 Å². The maximum atomic E-state index is 13.4. The molecule has 2 atom stereocenters. The average Bonchev–Trinajstić information content (AvgIpc) is 3.11. The van der Waals surface area contributed by atoms with Crippen LogP contribution in [0, 0.1) is 11.8 Å². The van der Waals surface area contributed by atoms with Gasteiger partial charge in [0.15, 0.2) is 0 Å². The molecule has 0 saturated carbocycles. The van der Waals surface area contributed by atoms with Gasteiger partial charge in [-0.15, -0.1) is 0 Å². The quantitative estimate of drug-likeness (QED) is 0.764. The number of benzene rings is 1. The summed E-state index contributed by atoms with van der Waals surface area (Å²) in [7, 11) is 1.56. The van der Waals surface area contributed by atoms with E-state index in [1.165, 1.54) is 4.90 Å². The normalized spacial score (nSPS) is 24.5. The van der Waals surface area contributed by atoms with Crippen molar-refractivity contribution in [2.75, 3.05) is 33.2 Å². The second kappa shape index (κ2) is 9.07. The summed E-state index contributed by atoms with van der Waals surface area (Å²) in [6.07, 6.45) is 0.274. The molecule has 7 nitrogen and oxygen atoms in total. The summed E-state index contributed by atoms with van der Waals surface area (Å²) in [5.41, 5.74) is 0.421. The number of amides is 3. The van der Waals surface area contributed by atoms with Gasteiger partial charge in [0.2, 0.25) is 11.8 Å². The molecule has 31 heavy (non-hydrogen) atoms. The van der Waals surface area contributed by atoms with Crippen molar-refractivity contribution in [2.24, 2.45) is 11.8 Å². The van der Waals surface area contributed by atoms with E-state index < -0.39 is 11.5 Å². The second-order valence-corrected chi connectivity index (χ2v) is 9.74. The van der Waals surface area contributed by atoms with Crippen molar-refractivity contribution in [3.8, 4) is 0 Å². The van der Waals surface area contributed by atoms with E-state index in [9.17, 15) is 19.5 Å².